The zero-order valence-electron chi connectivity index (χ0n) is 12.3. The molecule has 0 amide bonds. The SMILES string of the molecule is CC1CCN(C/C(N)=N/S(=O)(=O)c2cc(Cl)cc(Cl)c2)CC1. The molecule has 1 aliphatic rings. The van der Waals surface area contributed by atoms with E-state index in [0.29, 0.717) is 12.5 Å². The lowest BCUT2D eigenvalue weighted by atomic mass is 9.99. The number of piperidine rings is 1. The molecule has 1 aromatic carbocycles. The van der Waals surface area contributed by atoms with Crippen molar-refractivity contribution in [2.24, 2.45) is 16.0 Å². The first-order valence-electron chi connectivity index (χ1n) is 7.04. The molecule has 1 heterocycles. The van der Waals surface area contributed by atoms with Crippen LogP contribution in [-0.4, -0.2) is 38.8 Å². The minimum Gasteiger partial charge on any atom is -0.385 e. The van der Waals surface area contributed by atoms with Crippen LogP contribution in [0.3, 0.4) is 0 Å². The maximum absolute atomic E-state index is 12.2. The standard InChI is InChI=1S/C14H19Cl2N3O2S/c1-10-2-4-19(5-3-10)9-14(17)18-22(20,21)13-7-11(15)6-12(16)8-13/h6-8,10H,2-5,9H2,1H3,(H2,17,18). The van der Waals surface area contributed by atoms with Gasteiger partial charge in [0.2, 0.25) is 0 Å². The highest BCUT2D eigenvalue weighted by atomic mass is 35.5. The number of halogens is 2. The highest BCUT2D eigenvalue weighted by molar-refractivity contribution is 7.90. The van der Waals surface area contributed by atoms with E-state index in [2.05, 4.69) is 16.2 Å². The number of rotatable bonds is 4. The van der Waals surface area contributed by atoms with Crippen molar-refractivity contribution >= 4 is 39.1 Å². The molecule has 0 atom stereocenters. The Morgan fingerprint density at radius 3 is 2.36 bits per heavy atom. The van der Waals surface area contributed by atoms with Gasteiger partial charge in [0.25, 0.3) is 10.0 Å². The molecule has 0 bridgehead atoms. The third-order valence-corrected chi connectivity index (χ3v) is 5.38. The monoisotopic (exact) mass is 363 g/mol. The summed E-state index contributed by atoms with van der Waals surface area (Å²) in [6.45, 7) is 4.36. The van der Waals surface area contributed by atoms with E-state index in [4.69, 9.17) is 28.9 Å². The maximum atomic E-state index is 12.2. The molecule has 0 aromatic heterocycles. The van der Waals surface area contributed by atoms with Gasteiger partial charge in [-0.2, -0.15) is 8.42 Å². The van der Waals surface area contributed by atoms with Gasteiger partial charge in [-0.1, -0.05) is 30.1 Å². The van der Waals surface area contributed by atoms with Crippen molar-refractivity contribution < 1.29 is 8.42 Å². The van der Waals surface area contributed by atoms with Crippen LogP contribution in [-0.2, 0) is 10.0 Å². The zero-order valence-corrected chi connectivity index (χ0v) is 14.6. The van der Waals surface area contributed by atoms with Crippen molar-refractivity contribution in [3.05, 3.63) is 28.2 Å². The van der Waals surface area contributed by atoms with E-state index in [1.165, 1.54) is 18.2 Å². The minimum atomic E-state index is -3.90. The number of nitrogens with two attached hydrogens (primary N) is 1. The largest absolute Gasteiger partial charge is 0.385 e. The average molecular weight is 364 g/mol. The smallest absolute Gasteiger partial charge is 0.284 e. The fourth-order valence-corrected chi connectivity index (χ4v) is 4.04. The highest BCUT2D eigenvalue weighted by Gasteiger charge is 2.19. The Labute approximate surface area is 141 Å². The lowest BCUT2D eigenvalue weighted by Gasteiger charge is -2.29. The number of nitrogens with zero attached hydrogens (tertiary/aromatic N) is 2. The molecule has 22 heavy (non-hydrogen) atoms. The summed E-state index contributed by atoms with van der Waals surface area (Å²) < 4.78 is 28.2. The lowest BCUT2D eigenvalue weighted by Crippen LogP contribution is -2.39. The van der Waals surface area contributed by atoms with Gasteiger partial charge in [0.15, 0.2) is 0 Å². The molecule has 0 aliphatic carbocycles. The summed E-state index contributed by atoms with van der Waals surface area (Å²) in [5.41, 5.74) is 5.80. The van der Waals surface area contributed by atoms with Crippen molar-refractivity contribution in [1.29, 1.82) is 0 Å². The molecule has 2 N–H and O–H groups in total. The van der Waals surface area contributed by atoms with Gasteiger partial charge >= 0.3 is 0 Å². The molecule has 0 spiro atoms. The van der Waals surface area contributed by atoms with E-state index in [0.717, 1.165) is 25.9 Å². The summed E-state index contributed by atoms with van der Waals surface area (Å²) >= 11 is 11.7. The Kier molecular flexibility index (Phi) is 5.71. The highest BCUT2D eigenvalue weighted by Crippen LogP contribution is 2.23. The Hall–Kier alpha value is -0.820. The Morgan fingerprint density at radius 2 is 1.82 bits per heavy atom. The molecular weight excluding hydrogens is 345 g/mol. The van der Waals surface area contributed by atoms with Crippen molar-refractivity contribution in [2.45, 2.75) is 24.7 Å². The topological polar surface area (TPSA) is 75.8 Å². The van der Waals surface area contributed by atoms with Crippen molar-refractivity contribution in [3.63, 3.8) is 0 Å². The van der Waals surface area contributed by atoms with Crippen molar-refractivity contribution in [3.8, 4) is 0 Å². The Bertz CT molecular complexity index is 648. The van der Waals surface area contributed by atoms with Crippen LogP contribution in [0.4, 0.5) is 0 Å². The first kappa shape index (κ1) is 17.5. The fourth-order valence-electron chi connectivity index (χ4n) is 2.36. The minimum absolute atomic E-state index is 0.0554. The van der Waals surface area contributed by atoms with Crippen LogP contribution in [0.5, 0.6) is 0 Å². The molecule has 0 radical (unpaired) electrons. The molecule has 0 unspecified atom stereocenters. The lowest BCUT2D eigenvalue weighted by molar-refractivity contribution is 0.215. The fraction of sp³-hybridized carbons (Fsp3) is 0.500. The first-order valence-corrected chi connectivity index (χ1v) is 9.23. The molecule has 1 fully saturated rings. The summed E-state index contributed by atoms with van der Waals surface area (Å²) in [6, 6.07) is 4.08. The second-order valence-corrected chi connectivity index (χ2v) is 8.10. The van der Waals surface area contributed by atoms with Gasteiger partial charge in [-0.05, 0) is 50.0 Å². The van der Waals surface area contributed by atoms with Crippen molar-refractivity contribution in [1.82, 2.24) is 4.90 Å². The number of hydrogen-bond acceptors (Lipinski definition) is 3. The number of amidine groups is 1. The maximum Gasteiger partial charge on any atom is 0.284 e. The van der Waals surface area contributed by atoms with Crippen LogP contribution in [0.2, 0.25) is 10.0 Å². The molecular formula is C14H19Cl2N3O2S. The van der Waals surface area contributed by atoms with Gasteiger partial charge in [0.1, 0.15) is 5.84 Å². The number of likely N-dealkylation sites (tertiary alicyclic amines) is 1. The van der Waals surface area contributed by atoms with Crippen LogP contribution >= 0.6 is 23.2 Å². The Morgan fingerprint density at radius 1 is 1.27 bits per heavy atom. The van der Waals surface area contributed by atoms with Gasteiger partial charge in [0, 0.05) is 10.0 Å². The number of benzene rings is 1. The zero-order chi connectivity index (χ0) is 16.3. The number of hydrogen-bond donors (Lipinski definition) is 1. The summed E-state index contributed by atoms with van der Waals surface area (Å²) in [4.78, 5) is 2.06. The predicted octanol–water partition coefficient (Wildman–Crippen LogP) is 2.77. The average Bonchev–Trinajstić information content (AvgIpc) is 2.39. The third-order valence-electron chi connectivity index (χ3n) is 3.63. The predicted molar refractivity (Wildman–Crippen MR) is 90.1 cm³/mol. The quantitative estimate of drug-likeness (QED) is 0.659. The van der Waals surface area contributed by atoms with Gasteiger partial charge in [-0.15, -0.1) is 4.40 Å². The molecule has 2 rings (SSSR count). The van der Waals surface area contributed by atoms with Gasteiger partial charge in [-0.3, -0.25) is 4.90 Å². The van der Waals surface area contributed by atoms with E-state index in [9.17, 15) is 8.42 Å². The van der Waals surface area contributed by atoms with E-state index >= 15 is 0 Å². The molecule has 5 nitrogen and oxygen atoms in total. The van der Waals surface area contributed by atoms with Crippen LogP contribution in [0.25, 0.3) is 0 Å². The van der Waals surface area contributed by atoms with E-state index in [-0.39, 0.29) is 20.8 Å². The molecule has 1 aromatic rings. The van der Waals surface area contributed by atoms with Crippen LogP contribution < -0.4 is 5.73 Å². The number of sulfonamides is 1. The van der Waals surface area contributed by atoms with E-state index < -0.39 is 10.0 Å². The summed E-state index contributed by atoms with van der Waals surface area (Å²) in [5, 5.41) is 0.481. The summed E-state index contributed by atoms with van der Waals surface area (Å²) in [6.07, 6.45) is 2.17. The normalized spacial score (nSPS) is 18.6. The third kappa shape index (κ3) is 4.84. The van der Waals surface area contributed by atoms with Crippen molar-refractivity contribution in [2.75, 3.05) is 19.6 Å². The first-order chi connectivity index (χ1) is 10.3. The molecule has 0 saturated carbocycles. The second-order valence-electron chi connectivity index (χ2n) is 5.62. The summed E-state index contributed by atoms with van der Waals surface area (Å²) in [7, 11) is -3.90. The van der Waals surface area contributed by atoms with Crippen LogP contribution in [0, 0.1) is 5.92 Å². The van der Waals surface area contributed by atoms with E-state index in [1.807, 2.05) is 0 Å². The summed E-state index contributed by atoms with van der Waals surface area (Å²) in [5.74, 6) is 0.775. The molecule has 8 heteroatoms. The molecule has 1 saturated heterocycles. The van der Waals surface area contributed by atoms with Gasteiger partial charge < -0.3 is 5.73 Å². The van der Waals surface area contributed by atoms with Crippen LogP contribution in [0.1, 0.15) is 19.8 Å². The second kappa shape index (κ2) is 7.17. The van der Waals surface area contributed by atoms with Gasteiger partial charge in [0.05, 0.1) is 11.4 Å². The Balaban J connectivity index is 2.12. The van der Waals surface area contributed by atoms with Crippen LogP contribution in [0.15, 0.2) is 27.5 Å². The van der Waals surface area contributed by atoms with E-state index in [1.54, 1.807) is 0 Å². The molecule has 1 aliphatic heterocycles. The molecule has 122 valence electrons. The van der Waals surface area contributed by atoms with Gasteiger partial charge in [-0.25, -0.2) is 0 Å².